The van der Waals surface area contributed by atoms with Gasteiger partial charge in [-0.05, 0) is 29.7 Å². The summed E-state index contributed by atoms with van der Waals surface area (Å²) in [7, 11) is 4.14. The fourth-order valence-corrected chi connectivity index (χ4v) is 1.51. The van der Waals surface area contributed by atoms with Gasteiger partial charge in [0.15, 0.2) is 0 Å². The molecule has 1 aliphatic carbocycles. The van der Waals surface area contributed by atoms with Crippen LogP contribution in [0.15, 0.2) is 24.3 Å². The van der Waals surface area contributed by atoms with Crippen molar-refractivity contribution in [3.63, 3.8) is 0 Å². The first kappa shape index (κ1) is 10.7. The van der Waals surface area contributed by atoms with Gasteiger partial charge in [-0.3, -0.25) is 0 Å². The van der Waals surface area contributed by atoms with Crippen LogP contribution in [0, 0.1) is 0 Å². The van der Waals surface area contributed by atoms with Gasteiger partial charge in [-0.2, -0.15) is 0 Å². The van der Waals surface area contributed by atoms with Gasteiger partial charge in [-0.25, -0.2) is 0 Å². The molecule has 0 bridgehead atoms. The maximum Gasteiger partial charge on any atom is 0.0367 e. The van der Waals surface area contributed by atoms with Gasteiger partial charge < -0.3 is 4.90 Å². The number of rotatable bonds is 1. The van der Waals surface area contributed by atoms with Crippen LogP contribution in [-0.4, -0.2) is 14.1 Å². The Morgan fingerprint density at radius 1 is 1.23 bits per heavy atom. The number of nitrogens with zero attached hydrogens (tertiary/aromatic N) is 1. The van der Waals surface area contributed by atoms with Crippen molar-refractivity contribution in [1.82, 2.24) is 0 Å². The molecule has 0 aromatic heterocycles. The van der Waals surface area contributed by atoms with E-state index in [-0.39, 0.29) is 26.2 Å². The number of fused-ring (bicyclic) bond motifs is 1. The summed E-state index contributed by atoms with van der Waals surface area (Å²) in [5, 5.41) is 0. The zero-order chi connectivity index (χ0) is 8.55. The normalized spacial score (nSPS) is 12.2. The first-order chi connectivity index (χ1) is 5.77. The molecule has 66 valence electrons. The summed E-state index contributed by atoms with van der Waals surface area (Å²) in [5.41, 5.74) is 4.10. The van der Waals surface area contributed by atoms with Crippen LogP contribution in [0.3, 0.4) is 0 Å². The largest absolute Gasteiger partial charge is 0.378 e. The number of anilines is 1. The van der Waals surface area contributed by atoms with E-state index in [1.54, 1.807) is 0 Å². The van der Waals surface area contributed by atoms with Crippen LogP contribution in [0.2, 0.25) is 0 Å². The van der Waals surface area contributed by atoms with Crippen molar-refractivity contribution in [2.45, 2.75) is 6.42 Å². The molecule has 0 atom stereocenters. The molecule has 1 nitrogen and oxygen atoms in total. The Hall–Kier alpha value is -0.357. The van der Waals surface area contributed by atoms with Gasteiger partial charge in [-0.1, -0.05) is 18.2 Å². The fraction of sp³-hybridized carbons (Fsp3) is 0.273. The molecule has 0 radical (unpaired) electrons. The maximum absolute atomic E-state index is 2.23. The summed E-state index contributed by atoms with van der Waals surface area (Å²) < 4.78 is 0. The van der Waals surface area contributed by atoms with Crippen LogP contribution >= 0.6 is 0 Å². The van der Waals surface area contributed by atoms with Crippen molar-refractivity contribution in [3.05, 3.63) is 35.4 Å². The summed E-state index contributed by atoms with van der Waals surface area (Å²) in [6.45, 7) is 0. The first-order valence-corrected chi connectivity index (χ1v) is 4.24. The number of hydrogen-bond acceptors (Lipinski definition) is 1. The molecule has 1 aromatic rings. The molecule has 1 aliphatic rings. The van der Waals surface area contributed by atoms with Gasteiger partial charge in [-0.15, -0.1) is 0 Å². The van der Waals surface area contributed by atoms with E-state index in [9.17, 15) is 0 Å². The van der Waals surface area contributed by atoms with E-state index in [1.165, 1.54) is 16.8 Å². The quantitative estimate of drug-likeness (QED) is 0.739. The van der Waals surface area contributed by atoms with Crippen molar-refractivity contribution >= 4 is 11.8 Å². The van der Waals surface area contributed by atoms with E-state index in [4.69, 9.17) is 0 Å². The SMILES string of the molecule is CN(C)c1ccc2c(c1)C=CC2.[Zr]. The van der Waals surface area contributed by atoms with Crippen LogP contribution in [0.25, 0.3) is 6.08 Å². The summed E-state index contributed by atoms with van der Waals surface area (Å²) in [6, 6.07) is 6.62. The average Bonchev–Trinajstić information content (AvgIpc) is 2.49. The van der Waals surface area contributed by atoms with Crippen LogP contribution < -0.4 is 4.90 Å². The summed E-state index contributed by atoms with van der Waals surface area (Å²) in [5.74, 6) is 0. The van der Waals surface area contributed by atoms with E-state index >= 15 is 0 Å². The number of hydrogen-bond donors (Lipinski definition) is 0. The van der Waals surface area contributed by atoms with Gasteiger partial charge in [0, 0.05) is 46.0 Å². The van der Waals surface area contributed by atoms with Crippen molar-refractivity contribution in [1.29, 1.82) is 0 Å². The third kappa shape index (κ3) is 2.11. The molecule has 0 heterocycles. The van der Waals surface area contributed by atoms with Gasteiger partial charge in [0.25, 0.3) is 0 Å². The Bertz CT molecular complexity index is 329. The van der Waals surface area contributed by atoms with E-state index in [0.717, 1.165) is 6.42 Å². The zero-order valence-corrected chi connectivity index (χ0v) is 10.5. The monoisotopic (exact) mass is 249 g/mol. The molecule has 0 saturated carbocycles. The van der Waals surface area contributed by atoms with Crippen LogP contribution in [0.1, 0.15) is 11.1 Å². The molecule has 13 heavy (non-hydrogen) atoms. The van der Waals surface area contributed by atoms with Crippen LogP contribution in [0.5, 0.6) is 0 Å². The number of allylic oxidation sites excluding steroid dienone is 1. The fourth-order valence-electron chi connectivity index (χ4n) is 1.51. The van der Waals surface area contributed by atoms with E-state index in [2.05, 4.69) is 49.3 Å². The molecule has 0 spiro atoms. The maximum atomic E-state index is 2.23. The average molecular weight is 250 g/mol. The molecule has 0 N–H and O–H groups in total. The van der Waals surface area contributed by atoms with Crippen LogP contribution in [-0.2, 0) is 32.6 Å². The van der Waals surface area contributed by atoms with E-state index in [1.807, 2.05) is 0 Å². The Morgan fingerprint density at radius 3 is 2.69 bits per heavy atom. The van der Waals surface area contributed by atoms with Crippen molar-refractivity contribution < 1.29 is 26.2 Å². The zero-order valence-electron chi connectivity index (χ0n) is 8.04. The summed E-state index contributed by atoms with van der Waals surface area (Å²) in [6.07, 6.45) is 5.51. The second kappa shape index (κ2) is 4.24. The first-order valence-electron chi connectivity index (χ1n) is 4.24. The molecular formula is C11H13NZr. The van der Waals surface area contributed by atoms with Gasteiger partial charge in [0.2, 0.25) is 0 Å². The molecule has 2 heteroatoms. The second-order valence-corrected chi connectivity index (χ2v) is 3.38. The van der Waals surface area contributed by atoms with Crippen molar-refractivity contribution in [3.8, 4) is 0 Å². The Morgan fingerprint density at radius 2 is 2.00 bits per heavy atom. The predicted octanol–water partition coefficient (Wildman–Crippen LogP) is 2.32. The van der Waals surface area contributed by atoms with E-state index in [0.29, 0.717) is 0 Å². The minimum absolute atomic E-state index is 0. The Kier molecular flexibility index (Phi) is 3.49. The topological polar surface area (TPSA) is 3.24 Å². The van der Waals surface area contributed by atoms with Crippen molar-refractivity contribution in [2.24, 2.45) is 0 Å². The molecular weight excluding hydrogens is 237 g/mol. The minimum atomic E-state index is 0. The molecule has 1 aromatic carbocycles. The molecule has 0 fully saturated rings. The molecule has 0 aliphatic heterocycles. The van der Waals surface area contributed by atoms with E-state index < -0.39 is 0 Å². The molecule has 2 rings (SSSR count). The summed E-state index contributed by atoms with van der Waals surface area (Å²) in [4.78, 5) is 2.13. The van der Waals surface area contributed by atoms with Gasteiger partial charge in [0.1, 0.15) is 0 Å². The molecule has 0 unspecified atom stereocenters. The third-order valence-corrected chi connectivity index (χ3v) is 2.28. The molecule has 0 saturated heterocycles. The van der Waals surface area contributed by atoms with Gasteiger partial charge in [0.05, 0.1) is 0 Å². The van der Waals surface area contributed by atoms with Gasteiger partial charge >= 0.3 is 0 Å². The second-order valence-electron chi connectivity index (χ2n) is 3.38. The summed E-state index contributed by atoms with van der Waals surface area (Å²) >= 11 is 0. The smallest absolute Gasteiger partial charge is 0.0367 e. The van der Waals surface area contributed by atoms with Crippen LogP contribution in [0.4, 0.5) is 5.69 Å². The molecule has 0 amide bonds. The Labute approximate surface area is 98.6 Å². The Balaban J connectivity index is 0.000000845. The standard InChI is InChI=1S/C11H13N.Zr/c1-12(2)11-7-6-9-4-3-5-10(9)8-11;/h3,5-8H,4H2,1-2H3;. The minimum Gasteiger partial charge on any atom is -0.378 e. The predicted molar refractivity (Wildman–Crippen MR) is 53.5 cm³/mol. The third-order valence-electron chi connectivity index (χ3n) is 2.28. The van der Waals surface area contributed by atoms with Crippen molar-refractivity contribution in [2.75, 3.05) is 19.0 Å². The number of benzene rings is 1.